The summed E-state index contributed by atoms with van der Waals surface area (Å²) in [6.45, 7) is 4.55. The summed E-state index contributed by atoms with van der Waals surface area (Å²) in [5.74, 6) is 1.38. The Morgan fingerprint density at radius 2 is 1.91 bits per heavy atom. The summed E-state index contributed by atoms with van der Waals surface area (Å²) >= 11 is 13.2. The molecule has 0 spiro atoms. The standard InChI is InChI=1S/C24H20Cl2N4O2S/c1-2-12-30-22(14-32-21-9-5-7-16-6-3-4-8-18(16)21)28-29-24(30)33-15-23(31)27-17-10-11-19(25)20(26)13-17/h2-11,13H,1,12,14-15H2,(H,27,31). The molecule has 1 amide bonds. The molecule has 0 atom stereocenters. The monoisotopic (exact) mass is 498 g/mol. The molecule has 33 heavy (non-hydrogen) atoms. The lowest BCUT2D eigenvalue weighted by Crippen LogP contribution is -2.15. The Hall–Kier alpha value is -3.00. The van der Waals surface area contributed by atoms with Crippen molar-refractivity contribution in [2.45, 2.75) is 18.3 Å². The number of ether oxygens (including phenoxy) is 1. The Labute approximate surface area is 205 Å². The Kier molecular flexibility index (Phi) is 7.54. The number of carbonyl (C=O) groups excluding carboxylic acids is 1. The van der Waals surface area contributed by atoms with Crippen LogP contribution in [-0.2, 0) is 17.9 Å². The van der Waals surface area contributed by atoms with Gasteiger partial charge in [-0.05, 0) is 29.7 Å². The van der Waals surface area contributed by atoms with Crippen LogP contribution in [0.4, 0.5) is 5.69 Å². The van der Waals surface area contributed by atoms with Crippen molar-refractivity contribution in [2.75, 3.05) is 11.1 Å². The molecule has 0 saturated carbocycles. The van der Waals surface area contributed by atoms with E-state index in [9.17, 15) is 4.79 Å². The van der Waals surface area contributed by atoms with Gasteiger partial charge in [-0.1, -0.05) is 77.4 Å². The number of carbonyl (C=O) groups is 1. The van der Waals surface area contributed by atoms with E-state index in [0.29, 0.717) is 33.3 Å². The molecule has 168 valence electrons. The first kappa shape index (κ1) is 23.2. The average Bonchev–Trinajstić information content (AvgIpc) is 3.20. The number of nitrogens with zero attached hydrogens (tertiary/aromatic N) is 3. The van der Waals surface area contributed by atoms with Gasteiger partial charge in [0.1, 0.15) is 12.4 Å². The number of benzene rings is 3. The summed E-state index contributed by atoms with van der Waals surface area (Å²) < 4.78 is 7.95. The van der Waals surface area contributed by atoms with Crippen LogP contribution < -0.4 is 10.1 Å². The normalized spacial score (nSPS) is 10.8. The van der Waals surface area contributed by atoms with E-state index in [2.05, 4.69) is 22.1 Å². The van der Waals surface area contributed by atoms with Gasteiger partial charge in [0.2, 0.25) is 5.91 Å². The van der Waals surface area contributed by atoms with E-state index in [-0.39, 0.29) is 18.3 Å². The van der Waals surface area contributed by atoms with E-state index < -0.39 is 0 Å². The van der Waals surface area contributed by atoms with Crippen molar-refractivity contribution < 1.29 is 9.53 Å². The summed E-state index contributed by atoms with van der Waals surface area (Å²) in [7, 11) is 0. The molecule has 1 aromatic heterocycles. The molecule has 1 heterocycles. The van der Waals surface area contributed by atoms with Crippen LogP contribution in [-0.4, -0.2) is 26.4 Å². The lowest BCUT2D eigenvalue weighted by Gasteiger charge is -2.11. The Morgan fingerprint density at radius 1 is 1.09 bits per heavy atom. The highest BCUT2D eigenvalue weighted by Crippen LogP contribution is 2.27. The zero-order valence-electron chi connectivity index (χ0n) is 17.5. The number of fused-ring (bicyclic) bond motifs is 1. The fourth-order valence-corrected chi connectivity index (χ4v) is 4.27. The number of thioether (sulfide) groups is 1. The van der Waals surface area contributed by atoms with Gasteiger partial charge >= 0.3 is 0 Å². The minimum atomic E-state index is -0.194. The Bertz CT molecular complexity index is 1300. The summed E-state index contributed by atoms with van der Waals surface area (Å²) in [6.07, 6.45) is 1.75. The molecule has 9 heteroatoms. The van der Waals surface area contributed by atoms with Crippen molar-refractivity contribution in [1.82, 2.24) is 14.8 Å². The summed E-state index contributed by atoms with van der Waals surface area (Å²) in [6, 6.07) is 18.9. The molecule has 0 bridgehead atoms. The third-order valence-corrected chi connectivity index (χ3v) is 6.45. The van der Waals surface area contributed by atoms with E-state index in [1.165, 1.54) is 11.8 Å². The number of anilines is 1. The Morgan fingerprint density at radius 3 is 2.73 bits per heavy atom. The number of allylic oxidation sites excluding steroid dienone is 1. The molecule has 0 unspecified atom stereocenters. The average molecular weight is 499 g/mol. The van der Waals surface area contributed by atoms with Crippen LogP contribution in [0.1, 0.15) is 5.82 Å². The van der Waals surface area contributed by atoms with Crippen molar-refractivity contribution in [3.8, 4) is 5.75 Å². The van der Waals surface area contributed by atoms with Gasteiger partial charge in [-0.25, -0.2) is 0 Å². The molecule has 0 aliphatic carbocycles. The van der Waals surface area contributed by atoms with Gasteiger partial charge in [0, 0.05) is 17.6 Å². The minimum Gasteiger partial charge on any atom is -0.485 e. The largest absolute Gasteiger partial charge is 0.485 e. The summed E-state index contributed by atoms with van der Waals surface area (Å²) in [5, 5.41) is 14.9. The quantitative estimate of drug-likeness (QED) is 0.218. The fraction of sp³-hybridized carbons (Fsp3) is 0.125. The van der Waals surface area contributed by atoms with Crippen molar-refractivity contribution in [2.24, 2.45) is 0 Å². The number of hydrogen-bond acceptors (Lipinski definition) is 5. The van der Waals surface area contributed by atoms with Crippen LogP contribution in [0.25, 0.3) is 10.8 Å². The fourth-order valence-electron chi connectivity index (χ4n) is 3.21. The van der Waals surface area contributed by atoms with Crippen LogP contribution in [0, 0.1) is 0 Å². The molecule has 4 aromatic rings. The van der Waals surface area contributed by atoms with Crippen LogP contribution in [0.15, 0.2) is 78.5 Å². The smallest absolute Gasteiger partial charge is 0.234 e. The third kappa shape index (κ3) is 5.68. The van der Waals surface area contributed by atoms with Gasteiger partial charge in [0.05, 0.1) is 15.8 Å². The van der Waals surface area contributed by atoms with Gasteiger partial charge in [-0.2, -0.15) is 0 Å². The van der Waals surface area contributed by atoms with Crippen molar-refractivity contribution in [3.63, 3.8) is 0 Å². The van der Waals surface area contributed by atoms with Gasteiger partial charge in [0.15, 0.2) is 11.0 Å². The molecule has 1 N–H and O–H groups in total. The van der Waals surface area contributed by atoms with Crippen molar-refractivity contribution in [1.29, 1.82) is 0 Å². The van der Waals surface area contributed by atoms with Crippen LogP contribution in [0.3, 0.4) is 0 Å². The van der Waals surface area contributed by atoms with Gasteiger partial charge in [-0.15, -0.1) is 16.8 Å². The van der Waals surface area contributed by atoms with E-state index in [0.717, 1.165) is 16.5 Å². The van der Waals surface area contributed by atoms with Crippen molar-refractivity contribution >= 4 is 57.3 Å². The molecular formula is C24H20Cl2N4O2S. The topological polar surface area (TPSA) is 69.0 Å². The van der Waals surface area contributed by atoms with E-state index in [4.69, 9.17) is 27.9 Å². The molecule has 4 rings (SSSR count). The van der Waals surface area contributed by atoms with E-state index in [1.807, 2.05) is 47.0 Å². The van der Waals surface area contributed by atoms with Crippen LogP contribution in [0.5, 0.6) is 5.75 Å². The predicted octanol–water partition coefficient (Wildman–Crippen LogP) is 6.23. The maximum Gasteiger partial charge on any atom is 0.234 e. The van der Waals surface area contributed by atoms with E-state index >= 15 is 0 Å². The molecule has 0 fully saturated rings. The predicted molar refractivity (Wildman–Crippen MR) is 134 cm³/mol. The first-order chi connectivity index (χ1) is 16.0. The highest BCUT2D eigenvalue weighted by Gasteiger charge is 2.15. The number of hydrogen-bond donors (Lipinski definition) is 1. The molecule has 6 nitrogen and oxygen atoms in total. The number of halogens is 2. The molecule has 3 aromatic carbocycles. The molecule has 0 aliphatic rings. The summed E-state index contributed by atoms with van der Waals surface area (Å²) in [5.41, 5.74) is 0.576. The zero-order chi connectivity index (χ0) is 23.2. The van der Waals surface area contributed by atoms with E-state index in [1.54, 1.807) is 24.3 Å². The molecule has 0 saturated heterocycles. The second kappa shape index (κ2) is 10.7. The van der Waals surface area contributed by atoms with Crippen molar-refractivity contribution in [3.05, 3.63) is 89.2 Å². The highest BCUT2D eigenvalue weighted by molar-refractivity contribution is 7.99. The lowest BCUT2D eigenvalue weighted by molar-refractivity contribution is -0.113. The second-order valence-electron chi connectivity index (χ2n) is 7.03. The van der Waals surface area contributed by atoms with Crippen LogP contribution >= 0.6 is 35.0 Å². The molecule has 0 radical (unpaired) electrons. The number of rotatable bonds is 9. The number of nitrogens with one attached hydrogen (secondary N) is 1. The van der Waals surface area contributed by atoms with Gasteiger partial charge < -0.3 is 10.1 Å². The maximum atomic E-state index is 12.4. The lowest BCUT2D eigenvalue weighted by atomic mass is 10.1. The molecule has 0 aliphatic heterocycles. The number of aromatic nitrogens is 3. The minimum absolute atomic E-state index is 0.152. The second-order valence-corrected chi connectivity index (χ2v) is 8.79. The first-order valence-corrected chi connectivity index (χ1v) is 11.8. The highest BCUT2D eigenvalue weighted by atomic mass is 35.5. The zero-order valence-corrected chi connectivity index (χ0v) is 19.8. The Balaban J connectivity index is 1.42. The molecular weight excluding hydrogens is 479 g/mol. The first-order valence-electron chi connectivity index (χ1n) is 10.1. The van der Waals surface area contributed by atoms with Gasteiger partial charge in [-0.3, -0.25) is 9.36 Å². The maximum absolute atomic E-state index is 12.4. The van der Waals surface area contributed by atoms with Gasteiger partial charge in [0.25, 0.3) is 0 Å². The number of amides is 1. The SMILES string of the molecule is C=CCn1c(COc2cccc3ccccc23)nnc1SCC(=O)Nc1ccc(Cl)c(Cl)c1. The summed E-state index contributed by atoms with van der Waals surface area (Å²) in [4.78, 5) is 12.4. The third-order valence-electron chi connectivity index (χ3n) is 4.75. The van der Waals surface area contributed by atoms with Crippen LogP contribution in [0.2, 0.25) is 10.0 Å².